The number of carbonyl (C=O) groups is 3. The molecule has 0 aromatic rings. The number of esters is 1. The number of hydrogen-bond donors (Lipinski definition) is 2. The molecule has 4 aliphatic rings. The van der Waals surface area contributed by atoms with Crippen molar-refractivity contribution >= 4 is 17.9 Å². The van der Waals surface area contributed by atoms with Gasteiger partial charge in [0, 0.05) is 17.8 Å². The molecule has 0 aromatic carbocycles. The Bertz CT molecular complexity index is 1020. The second-order valence-corrected chi connectivity index (χ2v) is 13.4. The number of hydrogen-bond acceptors (Lipinski definition) is 10. The lowest BCUT2D eigenvalue weighted by Gasteiger charge is -2.71. The summed E-state index contributed by atoms with van der Waals surface area (Å²) in [6.45, 7) is 15.9. The zero-order chi connectivity index (χ0) is 29.7. The van der Waals surface area contributed by atoms with Crippen LogP contribution in [-0.2, 0) is 28.5 Å². The summed E-state index contributed by atoms with van der Waals surface area (Å²) in [5, 5.41) is 24.3. The minimum Gasteiger partial charge on any atom is -0.457 e. The van der Waals surface area contributed by atoms with Gasteiger partial charge in [0.25, 0.3) is 0 Å². The first-order valence-corrected chi connectivity index (χ1v) is 14.6. The first kappa shape index (κ1) is 30.9. The van der Waals surface area contributed by atoms with Gasteiger partial charge >= 0.3 is 12.1 Å². The number of likely N-dealkylation sites (tertiary alicyclic amines) is 1. The smallest absolute Gasteiger partial charge is 0.457 e. The molecule has 0 spiro atoms. The van der Waals surface area contributed by atoms with Crippen LogP contribution in [-0.4, -0.2) is 94.4 Å². The minimum atomic E-state index is -2.29. The fraction of sp³-hybridized carbons (Fsp3) is 0.833. The topological polar surface area (TPSA) is 132 Å². The van der Waals surface area contributed by atoms with Crippen LogP contribution in [0.5, 0.6) is 0 Å². The average molecular weight is 566 g/mol. The molecular weight excluding hydrogens is 518 g/mol. The maximum Gasteiger partial charge on any atom is 0.508 e. The number of rotatable bonds is 6. The van der Waals surface area contributed by atoms with E-state index in [0.29, 0.717) is 12.8 Å². The number of piperidine rings is 1. The maximum absolute atomic E-state index is 14.1. The predicted molar refractivity (Wildman–Crippen MR) is 145 cm³/mol. The van der Waals surface area contributed by atoms with Crippen molar-refractivity contribution < 1.29 is 43.5 Å². The molecule has 4 rings (SSSR count). The Morgan fingerprint density at radius 1 is 1.12 bits per heavy atom. The van der Waals surface area contributed by atoms with Gasteiger partial charge in [0.05, 0.1) is 24.9 Å². The summed E-state index contributed by atoms with van der Waals surface area (Å²) in [4.78, 5) is 42.5. The Labute approximate surface area is 237 Å². The van der Waals surface area contributed by atoms with Crippen molar-refractivity contribution in [3.63, 3.8) is 0 Å². The van der Waals surface area contributed by atoms with Crippen molar-refractivity contribution in [1.82, 2.24) is 4.90 Å². The van der Waals surface area contributed by atoms with Gasteiger partial charge in [0.2, 0.25) is 0 Å². The lowest BCUT2D eigenvalue weighted by Crippen LogP contribution is -2.87. The number of fused-ring (bicyclic) bond motifs is 3. The van der Waals surface area contributed by atoms with Crippen molar-refractivity contribution in [3.8, 4) is 0 Å². The van der Waals surface area contributed by atoms with Gasteiger partial charge in [-0.1, -0.05) is 33.3 Å². The summed E-state index contributed by atoms with van der Waals surface area (Å²) >= 11 is 0. The number of carbonyl (C=O) groups excluding carboxylic acids is 3. The zero-order valence-corrected chi connectivity index (χ0v) is 24.9. The van der Waals surface area contributed by atoms with Gasteiger partial charge in [-0.25, -0.2) is 4.79 Å². The highest BCUT2D eigenvalue weighted by Gasteiger charge is 2.82. The first-order valence-electron chi connectivity index (χ1n) is 14.6. The molecule has 8 atom stereocenters. The third-order valence-corrected chi connectivity index (χ3v) is 10.3. The highest BCUT2D eigenvalue weighted by molar-refractivity contribution is 5.92. The van der Waals surface area contributed by atoms with E-state index in [-0.39, 0.29) is 19.6 Å². The highest BCUT2D eigenvalue weighted by atomic mass is 16.7. The lowest BCUT2D eigenvalue weighted by atomic mass is 9.39. The summed E-state index contributed by atoms with van der Waals surface area (Å²) in [6, 6.07) is 0. The van der Waals surface area contributed by atoms with E-state index in [1.165, 1.54) is 13.0 Å². The van der Waals surface area contributed by atoms with Crippen LogP contribution in [0.15, 0.2) is 12.7 Å². The maximum atomic E-state index is 14.1. The summed E-state index contributed by atoms with van der Waals surface area (Å²) in [6.07, 6.45) is 0.507. The van der Waals surface area contributed by atoms with E-state index < -0.39 is 69.8 Å². The number of ketones is 1. The van der Waals surface area contributed by atoms with E-state index in [2.05, 4.69) is 6.58 Å². The van der Waals surface area contributed by atoms with Crippen LogP contribution in [0, 0.1) is 16.7 Å². The molecule has 10 heteroatoms. The standard InChI is InChI=1S/C30H47NO9/c1-8-27(5)17-20(33)30(36)28(6)19(32)13-14-26(3,4)23(28)22(38-21(34)18-31-15-11-10-12-16-31)24(29(30,7)40-27)39-25(35)37-9-2/h8,19,22-24,32,36H,1,9-18H2,2-7H3/t19-,22-,23-,24-,27-,28-,29+,30-/m0/s1. The largest absolute Gasteiger partial charge is 0.508 e. The Morgan fingerprint density at radius 2 is 1.77 bits per heavy atom. The monoisotopic (exact) mass is 565 g/mol. The second-order valence-electron chi connectivity index (χ2n) is 13.4. The quantitative estimate of drug-likeness (QED) is 0.366. The molecule has 4 fully saturated rings. The van der Waals surface area contributed by atoms with E-state index in [4.69, 9.17) is 18.9 Å². The number of nitrogens with zero attached hydrogens (tertiary/aromatic N) is 1. The zero-order valence-electron chi connectivity index (χ0n) is 24.9. The predicted octanol–water partition coefficient (Wildman–Crippen LogP) is 3.17. The molecule has 226 valence electrons. The van der Waals surface area contributed by atoms with Crippen LogP contribution in [0.1, 0.15) is 80.1 Å². The molecule has 2 aliphatic carbocycles. The van der Waals surface area contributed by atoms with Gasteiger partial charge in [-0.15, -0.1) is 6.58 Å². The van der Waals surface area contributed by atoms with Gasteiger partial charge in [-0.05, 0) is 65.0 Å². The van der Waals surface area contributed by atoms with Gasteiger partial charge in [0.15, 0.2) is 17.5 Å². The van der Waals surface area contributed by atoms with Crippen LogP contribution in [0.4, 0.5) is 4.79 Å². The molecule has 2 heterocycles. The molecule has 0 amide bonds. The Morgan fingerprint density at radius 3 is 2.38 bits per heavy atom. The molecular formula is C30H47NO9. The molecule has 40 heavy (non-hydrogen) atoms. The van der Waals surface area contributed by atoms with Crippen molar-refractivity contribution in [1.29, 1.82) is 0 Å². The fourth-order valence-electron chi connectivity index (χ4n) is 8.31. The lowest BCUT2D eigenvalue weighted by molar-refractivity contribution is -0.370. The fourth-order valence-corrected chi connectivity index (χ4v) is 8.31. The summed E-state index contributed by atoms with van der Waals surface area (Å²) in [5.74, 6) is -1.83. The molecule has 0 bridgehead atoms. The average Bonchev–Trinajstić information content (AvgIpc) is 2.87. The second kappa shape index (κ2) is 10.7. The Hall–Kier alpha value is -2.01. The SMILES string of the molecule is C=C[C@@]1(C)CC(=O)[C@]2(O)[C@@]3(C)[C@@H](O)CCC(C)(C)[C@@H]3[C@H](OC(=O)CN3CCCCC3)[C@H](OC(=O)OCC)[C@@]2(C)O1. The Kier molecular flexibility index (Phi) is 8.26. The molecule has 0 aromatic heterocycles. The normalized spacial score (nSPS) is 43.1. The Balaban J connectivity index is 1.89. The third-order valence-electron chi connectivity index (χ3n) is 10.3. The summed E-state index contributed by atoms with van der Waals surface area (Å²) in [5.41, 5.74) is -7.56. The van der Waals surface area contributed by atoms with E-state index in [1.54, 1.807) is 20.8 Å². The third kappa shape index (κ3) is 4.68. The number of aliphatic hydroxyl groups excluding tert-OH is 1. The molecule has 0 radical (unpaired) electrons. The van der Waals surface area contributed by atoms with E-state index >= 15 is 0 Å². The van der Waals surface area contributed by atoms with Gasteiger partial charge in [-0.2, -0.15) is 0 Å². The first-order chi connectivity index (χ1) is 18.6. The number of aliphatic hydroxyl groups is 2. The molecule has 0 unspecified atom stereocenters. The summed E-state index contributed by atoms with van der Waals surface area (Å²) < 4.78 is 23.8. The molecule has 2 saturated carbocycles. The molecule has 2 aliphatic heterocycles. The molecule has 2 N–H and O–H groups in total. The van der Waals surface area contributed by atoms with Crippen LogP contribution < -0.4 is 0 Å². The highest BCUT2D eigenvalue weighted by Crippen LogP contribution is 2.67. The van der Waals surface area contributed by atoms with Crippen molar-refractivity contribution in [2.24, 2.45) is 16.7 Å². The number of ether oxygens (including phenoxy) is 4. The van der Waals surface area contributed by atoms with E-state index in [0.717, 1.165) is 32.4 Å². The molecule has 10 nitrogen and oxygen atoms in total. The van der Waals surface area contributed by atoms with Crippen molar-refractivity contribution in [2.45, 2.75) is 115 Å². The van der Waals surface area contributed by atoms with Crippen LogP contribution in [0.25, 0.3) is 0 Å². The van der Waals surface area contributed by atoms with E-state index in [1.807, 2.05) is 18.7 Å². The molecule has 2 saturated heterocycles. The van der Waals surface area contributed by atoms with Gasteiger partial charge in [0.1, 0.15) is 11.7 Å². The minimum absolute atomic E-state index is 0.0292. The van der Waals surface area contributed by atoms with Gasteiger partial charge < -0.3 is 29.2 Å². The number of Topliss-reactive ketones (excluding diaryl/α,β-unsaturated/α-hetero) is 1. The van der Waals surface area contributed by atoms with Crippen LogP contribution in [0.3, 0.4) is 0 Å². The van der Waals surface area contributed by atoms with E-state index in [9.17, 15) is 24.6 Å². The summed E-state index contributed by atoms with van der Waals surface area (Å²) in [7, 11) is 0. The van der Waals surface area contributed by atoms with Gasteiger partial charge in [-0.3, -0.25) is 14.5 Å². The van der Waals surface area contributed by atoms with Crippen molar-refractivity contribution in [2.75, 3.05) is 26.2 Å². The van der Waals surface area contributed by atoms with Crippen molar-refractivity contribution in [3.05, 3.63) is 12.7 Å². The van der Waals surface area contributed by atoms with Crippen LogP contribution >= 0.6 is 0 Å². The van der Waals surface area contributed by atoms with Crippen LogP contribution in [0.2, 0.25) is 0 Å².